The van der Waals surface area contributed by atoms with Gasteiger partial charge in [-0.05, 0) is 38.0 Å². The highest BCUT2D eigenvalue weighted by Crippen LogP contribution is 2.33. The average Bonchev–Trinajstić information content (AvgIpc) is 2.42. The van der Waals surface area contributed by atoms with Crippen LogP contribution in [0.1, 0.15) is 51.9 Å². The predicted octanol–water partition coefficient (Wildman–Crippen LogP) is 2.37. The molecule has 2 rings (SSSR count). The second-order valence-corrected chi connectivity index (χ2v) is 5.98. The molecule has 0 aromatic heterocycles. The van der Waals surface area contributed by atoms with Crippen molar-refractivity contribution >= 4 is 5.91 Å². The Kier molecular flexibility index (Phi) is 4.44. The van der Waals surface area contributed by atoms with Crippen molar-refractivity contribution in [2.45, 2.75) is 57.4 Å². The third-order valence-corrected chi connectivity index (χ3v) is 4.83. The van der Waals surface area contributed by atoms with Crippen molar-refractivity contribution in [1.82, 2.24) is 5.32 Å². The molecule has 2 aliphatic carbocycles. The molecule has 3 unspecified atom stereocenters. The Balaban J connectivity index is 2.00. The highest BCUT2D eigenvalue weighted by atomic mass is 16.2. The van der Waals surface area contributed by atoms with Crippen LogP contribution < -0.4 is 11.1 Å². The maximum atomic E-state index is 12.4. The Morgan fingerprint density at radius 1 is 1.39 bits per heavy atom. The van der Waals surface area contributed by atoms with Crippen LogP contribution in [0.25, 0.3) is 0 Å². The summed E-state index contributed by atoms with van der Waals surface area (Å²) in [4.78, 5) is 12.4. The van der Waals surface area contributed by atoms with Crippen molar-refractivity contribution < 1.29 is 4.79 Å². The number of rotatable bonds is 3. The summed E-state index contributed by atoms with van der Waals surface area (Å²) in [5.74, 6) is 0.880. The zero-order valence-electron chi connectivity index (χ0n) is 11.5. The first-order valence-corrected chi connectivity index (χ1v) is 7.35. The second-order valence-electron chi connectivity index (χ2n) is 5.98. The molecule has 1 fully saturated rings. The van der Waals surface area contributed by atoms with Gasteiger partial charge in [0.2, 0.25) is 5.91 Å². The number of hydrogen-bond acceptors (Lipinski definition) is 2. The molecule has 0 spiro atoms. The first kappa shape index (κ1) is 13.6. The molecular formula is C15H26N2O. The van der Waals surface area contributed by atoms with E-state index in [2.05, 4.69) is 24.4 Å². The summed E-state index contributed by atoms with van der Waals surface area (Å²) in [7, 11) is 0. The van der Waals surface area contributed by atoms with E-state index in [1.165, 1.54) is 19.3 Å². The van der Waals surface area contributed by atoms with Crippen LogP contribution in [0.2, 0.25) is 0 Å². The van der Waals surface area contributed by atoms with Crippen molar-refractivity contribution in [1.29, 1.82) is 0 Å². The van der Waals surface area contributed by atoms with Crippen LogP contribution in [0.4, 0.5) is 0 Å². The Labute approximate surface area is 110 Å². The van der Waals surface area contributed by atoms with Crippen LogP contribution in [-0.2, 0) is 4.79 Å². The van der Waals surface area contributed by atoms with Gasteiger partial charge in [-0.1, -0.05) is 31.9 Å². The molecule has 0 bridgehead atoms. The molecule has 3 N–H and O–H groups in total. The Hall–Kier alpha value is -0.830. The number of carbonyl (C=O) groups is 1. The third-order valence-electron chi connectivity index (χ3n) is 4.83. The maximum absolute atomic E-state index is 12.4. The van der Waals surface area contributed by atoms with E-state index in [4.69, 9.17) is 5.73 Å². The maximum Gasteiger partial charge on any atom is 0.223 e. The largest absolute Gasteiger partial charge is 0.349 e. The zero-order valence-corrected chi connectivity index (χ0v) is 11.5. The molecule has 0 aromatic carbocycles. The predicted molar refractivity (Wildman–Crippen MR) is 74.0 cm³/mol. The van der Waals surface area contributed by atoms with Crippen molar-refractivity contribution in [2.24, 2.45) is 17.6 Å². The molecule has 102 valence electrons. The Morgan fingerprint density at radius 3 is 2.83 bits per heavy atom. The monoisotopic (exact) mass is 250 g/mol. The molecule has 1 saturated carbocycles. The van der Waals surface area contributed by atoms with Gasteiger partial charge in [-0.25, -0.2) is 0 Å². The molecule has 18 heavy (non-hydrogen) atoms. The van der Waals surface area contributed by atoms with Crippen molar-refractivity contribution in [2.75, 3.05) is 6.54 Å². The van der Waals surface area contributed by atoms with E-state index in [0.29, 0.717) is 12.5 Å². The highest BCUT2D eigenvalue weighted by Gasteiger charge is 2.39. The minimum atomic E-state index is -0.142. The van der Waals surface area contributed by atoms with Gasteiger partial charge in [-0.2, -0.15) is 0 Å². The van der Waals surface area contributed by atoms with E-state index in [-0.39, 0.29) is 17.4 Å². The Morgan fingerprint density at radius 2 is 2.22 bits per heavy atom. The van der Waals surface area contributed by atoms with Crippen LogP contribution in [0.5, 0.6) is 0 Å². The van der Waals surface area contributed by atoms with Crippen molar-refractivity contribution in [3.8, 4) is 0 Å². The summed E-state index contributed by atoms with van der Waals surface area (Å²) in [6.45, 7) is 2.80. The topological polar surface area (TPSA) is 55.1 Å². The molecule has 0 aromatic rings. The van der Waals surface area contributed by atoms with Crippen LogP contribution in [0.15, 0.2) is 12.2 Å². The summed E-state index contributed by atoms with van der Waals surface area (Å²) in [5, 5.41) is 3.30. The third kappa shape index (κ3) is 2.77. The lowest BCUT2D eigenvalue weighted by Gasteiger charge is -2.43. The molecule has 3 atom stereocenters. The van der Waals surface area contributed by atoms with Gasteiger partial charge < -0.3 is 11.1 Å². The molecule has 0 heterocycles. The second kappa shape index (κ2) is 5.87. The Bertz CT molecular complexity index is 326. The summed E-state index contributed by atoms with van der Waals surface area (Å²) in [6, 6.07) is 0. The highest BCUT2D eigenvalue weighted by molar-refractivity contribution is 5.80. The van der Waals surface area contributed by atoms with Gasteiger partial charge in [0, 0.05) is 12.5 Å². The lowest BCUT2D eigenvalue weighted by Crippen LogP contribution is -2.60. The van der Waals surface area contributed by atoms with E-state index in [1.807, 2.05) is 0 Å². The van der Waals surface area contributed by atoms with Crippen LogP contribution in [0.3, 0.4) is 0 Å². The van der Waals surface area contributed by atoms with Gasteiger partial charge in [0.15, 0.2) is 0 Å². The molecule has 3 nitrogen and oxygen atoms in total. The van der Waals surface area contributed by atoms with Crippen LogP contribution in [0, 0.1) is 11.8 Å². The number of amides is 1. The van der Waals surface area contributed by atoms with Crippen molar-refractivity contribution in [3.63, 3.8) is 0 Å². The van der Waals surface area contributed by atoms with Gasteiger partial charge in [0.25, 0.3) is 0 Å². The number of carbonyl (C=O) groups excluding carboxylic acids is 1. The van der Waals surface area contributed by atoms with Gasteiger partial charge in [0.05, 0.1) is 5.54 Å². The van der Waals surface area contributed by atoms with E-state index in [1.54, 1.807) is 0 Å². The lowest BCUT2D eigenvalue weighted by molar-refractivity contribution is -0.128. The standard InChI is InChI=1S/C15H26N2O/c1-12-7-5-6-10-15(12,11-16)17-14(18)13-8-3-2-4-9-13/h2-3,12-13H,4-11,16H2,1H3,(H,17,18). The van der Waals surface area contributed by atoms with Crippen LogP contribution >= 0.6 is 0 Å². The van der Waals surface area contributed by atoms with E-state index in [9.17, 15) is 4.79 Å². The van der Waals surface area contributed by atoms with E-state index in [0.717, 1.165) is 25.7 Å². The number of allylic oxidation sites excluding steroid dienone is 2. The number of nitrogens with one attached hydrogen (secondary N) is 1. The minimum Gasteiger partial charge on any atom is -0.349 e. The molecule has 0 radical (unpaired) electrons. The molecular weight excluding hydrogens is 224 g/mol. The quantitative estimate of drug-likeness (QED) is 0.756. The summed E-state index contributed by atoms with van der Waals surface area (Å²) >= 11 is 0. The SMILES string of the molecule is CC1CCCCC1(CN)NC(=O)C1CC=CCC1. The molecule has 0 saturated heterocycles. The summed E-state index contributed by atoms with van der Waals surface area (Å²) in [6.07, 6.45) is 11.9. The minimum absolute atomic E-state index is 0.142. The van der Waals surface area contributed by atoms with Gasteiger partial charge in [0.1, 0.15) is 0 Å². The fraction of sp³-hybridized carbons (Fsp3) is 0.800. The van der Waals surface area contributed by atoms with Gasteiger partial charge >= 0.3 is 0 Å². The smallest absolute Gasteiger partial charge is 0.223 e. The fourth-order valence-corrected chi connectivity index (χ4v) is 3.33. The van der Waals surface area contributed by atoms with E-state index >= 15 is 0 Å². The molecule has 3 heteroatoms. The number of nitrogens with two attached hydrogens (primary N) is 1. The summed E-state index contributed by atoms with van der Waals surface area (Å²) in [5.41, 5.74) is 5.84. The zero-order chi connectivity index (χ0) is 13.0. The van der Waals surface area contributed by atoms with Crippen molar-refractivity contribution in [3.05, 3.63) is 12.2 Å². The lowest BCUT2D eigenvalue weighted by atomic mass is 9.73. The number of hydrogen-bond donors (Lipinski definition) is 2. The first-order chi connectivity index (χ1) is 8.68. The molecule has 0 aliphatic heterocycles. The average molecular weight is 250 g/mol. The molecule has 1 amide bonds. The van der Waals surface area contributed by atoms with Gasteiger partial charge in [-0.15, -0.1) is 0 Å². The normalized spacial score (nSPS) is 36.3. The summed E-state index contributed by atoms with van der Waals surface area (Å²) < 4.78 is 0. The van der Waals surface area contributed by atoms with E-state index < -0.39 is 0 Å². The first-order valence-electron chi connectivity index (χ1n) is 7.35. The van der Waals surface area contributed by atoms with Crippen LogP contribution in [-0.4, -0.2) is 18.0 Å². The molecule has 2 aliphatic rings. The van der Waals surface area contributed by atoms with Gasteiger partial charge in [-0.3, -0.25) is 4.79 Å². The fourth-order valence-electron chi connectivity index (χ4n) is 3.33.